The van der Waals surface area contributed by atoms with E-state index >= 15 is 0 Å². The van der Waals surface area contributed by atoms with Gasteiger partial charge in [-0.05, 0) is 33.6 Å². The first-order chi connectivity index (χ1) is 7.67. The van der Waals surface area contributed by atoms with Crippen molar-refractivity contribution >= 4 is 12.4 Å². The van der Waals surface area contributed by atoms with Gasteiger partial charge in [0, 0.05) is 5.92 Å². The van der Waals surface area contributed by atoms with Crippen LogP contribution in [0.2, 0.25) is 0 Å². The fourth-order valence-electron chi connectivity index (χ4n) is 1.79. The van der Waals surface area contributed by atoms with Crippen LogP contribution in [0.4, 0.5) is 13.6 Å². The summed E-state index contributed by atoms with van der Waals surface area (Å²) in [7, 11) is 0. The lowest BCUT2D eigenvalue weighted by Gasteiger charge is -2.43. The highest BCUT2D eigenvalue weighted by Crippen LogP contribution is 2.40. The Morgan fingerprint density at radius 1 is 1.47 bits per heavy atom. The van der Waals surface area contributed by atoms with Crippen molar-refractivity contribution in [3.05, 3.63) is 0 Å². The standard InChI is InChI=1S/C11H17F2NO3/c1-10(2,3)17-9(16)14-11(6-15)4-7(5-11)8(12)13/h6-8H,4-5H2,1-3H3,(H,14,16). The molecule has 1 rings (SSSR count). The van der Waals surface area contributed by atoms with E-state index in [0.717, 1.165) is 0 Å². The maximum absolute atomic E-state index is 12.3. The largest absolute Gasteiger partial charge is 0.444 e. The van der Waals surface area contributed by atoms with Crippen molar-refractivity contribution in [2.24, 2.45) is 5.92 Å². The molecule has 0 heterocycles. The summed E-state index contributed by atoms with van der Waals surface area (Å²) in [6, 6.07) is 0. The quantitative estimate of drug-likeness (QED) is 0.779. The molecule has 0 radical (unpaired) electrons. The molecule has 1 aliphatic rings. The summed E-state index contributed by atoms with van der Waals surface area (Å²) in [5.41, 5.74) is -1.86. The lowest BCUT2D eigenvalue weighted by molar-refractivity contribution is -0.122. The summed E-state index contributed by atoms with van der Waals surface area (Å²) in [6.45, 7) is 5.05. The number of hydrogen-bond donors (Lipinski definition) is 1. The second kappa shape index (κ2) is 4.58. The zero-order chi connectivity index (χ0) is 13.3. The van der Waals surface area contributed by atoms with Crippen LogP contribution in [0.3, 0.4) is 0 Å². The summed E-state index contributed by atoms with van der Waals surface area (Å²) in [4.78, 5) is 22.3. The molecule has 0 saturated heterocycles. The zero-order valence-electron chi connectivity index (χ0n) is 10.1. The van der Waals surface area contributed by atoms with Crippen LogP contribution in [-0.2, 0) is 9.53 Å². The molecule has 1 aliphatic carbocycles. The molecule has 1 amide bonds. The van der Waals surface area contributed by atoms with Crippen LogP contribution >= 0.6 is 0 Å². The Morgan fingerprint density at radius 2 is 2.00 bits per heavy atom. The number of carbonyl (C=O) groups excluding carboxylic acids is 2. The molecule has 1 fully saturated rings. The third-order valence-electron chi connectivity index (χ3n) is 2.58. The number of nitrogens with one attached hydrogen (secondary N) is 1. The second-order valence-electron chi connectivity index (χ2n) is 5.40. The fourth-order valence-corrected chi connectivity index (χ4v) is 1.79. The van der Waals surface area contributed by atoms with Gasteiger partial charge < -0.3 is 14.8 Å². The Kier molecular flexibility index (Phi) is 3.74. The molecular weight excluding hydrogens is 232 g/mol. The molecule has 98 valence electrons. The van der Waals surface area contributed by atoms with Crippen molar-refractivity contribution in [1.29, 1.82) is 0 Å². The molecule has 1 N–H and O–H groups in total. The molecule has 0 bridgehead atoms. The van der Waals surface area contributed by atoms with Gasteiger partial charge in [-0.2, -0.15) is 0 Å². The number of rotatable bonds is 3. The number of hydrogen-bond acceptors (Lipinski definition) is 3. The number of amides is 1. The minimum atomic E-state index is -2.46. The van der Waals surface area contributed by atoms with E-state index in [1.54, 1.807) is 20.8 Å². The highest BCUT2D eigenvalue weighted by molar-refractivity contribution is 5.77. The number of alkyl halides is 2. The predicted octanol–water partition coefficient (Wildman–Crippen LogP) is 2.12. The van der Waals surface area contributed by atoms with Crippen molar-refractivity contribution in [1.82, 2.24) is 5.32 Å². The lowest BCUT2D eigenvalue weighted by Crippen LogP contribution is -2.60. The minimum Gasteiger partial charge on any atom is -0.444 e. The SMILES string of the molecule is CC(C)(C)OC(=O)NC1(C=O)CC(C(F)F)C1. The van der Waals surface area contributed by atoms with Gasteiger partial charge in [-0.3, -0.25) is 0 Å². The Bertz CT molecular complexity index is 306. The molecule has 1 saturated carbocycles. The maximum atomic E-state index is 12.3. The molecule has 0 aliphatic heterocycles. The third kappa shape index (κ3) is 3.64. The van der Waals surface area contributed by atoms with E-state index < -0.39 is 29.6 Å². The summed E-state index contributed by atoms with van der Waals surface area (Å²) in [6.07, 6.45) is -2.77. The second-order valence-corrected chi connectivity index (χ2v) is 5.40. The minimum absolute atomic E-state index is 0.0343. The highest BCUT2D eigenvalue weighted by atomic mass is 19.3. The summed E-state index contributed by atoms with van der Waals surface area (Å²) in [5, 5.41) is 2.36. The van der Waals surface area contributed by atoms with Gasteiger partial charge in [0.2, 0.25) is 6.43 Å². The van der Waals surface area contributed by atoms with Gasteiger partial charge in [0.15, 0.2) is 0 Å². The number of carbonyl (C=O) groups is 2. The van der Waals surface area contributed by atoms with Crippen LogP contribution in [0, 0.1) is 5.92 Å². The molecule has 0 unspecified atom stereocenters. The molecule has 4 nitrogen and oxygen atoms in total. The lowest BCUT2D eigenvalue weighted by atomic mass is 9.69. The van der Waals surface area contributed by atoms with E-state index in [1.807, 2.05) is 0 Å². The fraction of sp³-hybridized carbons (Fsp3) is 0.818. The zero-order valence-corrected chi connectivity index (χ0v) is 10.1. The van der Waals surface area contributed by atoms with Gasteiger partial charge in [0.25, 0.3) is 0 Å². The number of aldehydes is 1. The Balaban J connectivity index is 2.50. The van der Waals surface area contributed by atoms with E-state index in [4.69, 9.17) is 4.74 Å². The normalized spacial score (nSPS) is 28.5. The van der Waals surface area contributed by atoms with Gasteiger partial charge in [0.05, 0.1) is 5.54 Å². The smallest absolute Gasteiger partial charge is 0.408 e. The number of ether oxygens (including phenoxy) is 1. The molecule has 17 heavy (non-hydrogen) atoms. The monoisotopic (exact) mass is 249 g/mol. The molecular formula is C11H17F2NO3. The van der Waals surface area contributed by atoms with Crippen LogP contribution in [-0.4, -0.2) is 29.9 Å². The van der Waals surface area contributed by atoms with E-state index in [-0.39, 0.29) is 12.8 Å². The van der Waals surface area contributed by atoms with E-state index in [9.17, 15) is 18.4 Å². The van der Waals surface area contributed by atoms with Crippen molar-refractivity contribution in [2.75, 3.05) is 0 Å². The maximum Gasteiger partial charge on any atom is 0.408 e. The summed E-state index contributed by atoms with van der Waals surface area (Å²) >= 11 is 0. The first-order valence-corrected chi connectivity index (χ1v) is 5.43. The highest BCUT2D eigenvalue weighted by Gasteiger charge is 2.49. The Labute approximate surface area is 98.7 Å². The first kappa shape index (κ1) is 13.9. The van der Waals surface area contributed by atoms with E-state index in [1.165, 1.54) is 0 Å². The first-order valence-electron chi connectivity index (χ1n) is 5.43. The van der Waals surface area contributed by atoms with Crippen LogP contribution in [0.5, 0.6) is 0 Å². The molecule has 0 spiro atoms. The topological polar surface area (TPSA) is 55.4 Å². The average Bonchev–Trinajstić information content (AvgIpc) is 2.06. The van der Waals surface area contributed by atoms with Gasteiger partial charge in [-0.1, -0.05) is 0 Å². The van der Waals surface area contributed by atoms with Gasteiger partial charge >= 0.3 is 6.09 Å². The molecule has 0 aromatic carbocycles. The van der Waals surface area contributed by atoms with E-state index in [2.05, 4.69) is 5.32 Å². The third-order valence-corrected chi connectivity index (χ3v) is 2.58. The number of alkyl carbamates (subject to hydrolysis) is 1. The summed E-state index contributed by atoms with van der Waals surface area (Å²) in [5.74, 6) is -0.824. The van der Waals surface area contributed by atoms with Crippen molar-refractivity contribution in [3.8, 4) is 0 Å². The number of halogens is 2. The van der Waals surface area contributed by atoms with E-state index in [0.29, 0.717) is 6.29 Å². The summed E-state index contributed by atoms with van der Waals surface area (Å²) < 4.78 is 29.6. The van der Waals surface area contributed by atoms with Crippen molar-refractivity contribution in [3.63, 3.8) is 0 Å². The average molecular weight is 249 g/mol. The van der Waals surface area contributed by atoms with Gasteiger partial charge in [0.1, 0.15) is 11.9 Å². The molecule has 6 heteroatoms. The molecule has 0 aromatic heterocycles. The van der Waals surface area contributed by atoms with Gasteiger partial charge in [-0.15, -0.1) is 0 Å². The van der Waals surface area contributed by atoms with Crippen molar-refractivity contribution < 1.29 is 23.1 Å². The molecule has 0 aromatic rings. The van der Waals surface area contributed by atoms with Crippen LogP contribution in [0.15, 0.2) is 0 Å². The Morgan fingerprint density at radius 3 is 2.35 bits per heavy atom. The van der Waals surface area contributed by atoms with Crippen LogP contribution in [0.1, 0.15) is 33.6 Å². The van der Waals surface area contributed by atoms with Crippen LogP contribution in [0.25, 0.3) is 0 Å². The molecule has 0 atom stereocenters. The van der Waals surface area contributed by atoms with Gasteiger partial charge in [-0.25, -0.2) is 13.6 Å². The predicted molar refractivity (Wildman–Crippen MR) is 56.9 cm³/mol. The Hall–Kier alpha value is -1.20. The van der Waals surface area contributed by atoms with Crippen LogP contribution < -0.4 is 5.32 Å². The van der Waals surface area contributed by atoms with Crippen molar-refractivity contribution in [2.45, 2.75) is 51.2 Å².